The normalized spacial score (nSPS) is 17.9. The Bertz CT molecular complexity index is 463. The van der Waals surface area contributed by atoms with Crippen LogP contribution in [0, 0.1) is 0 Å². The standard InChI is InChI=1S/C13H13ClO2/c1-3-9-6-10-4-5-11(14)7-12(10)13(9)16-8(2)15/h4-7,13H,3H2,1-2H3. The van der Waals surface area contributed by atoms with Crippen LogP contribution in [0.5, 0.6) is 0 Å². The molecular weight excluding hydrogens is 224 g/mol. The molecule has 0 spiro atoms. The second kappa shape index (κ2) is 4.30. The summed E-state index contributed by atoms with van der Waals surface area (Å²) < 4.78 is 5.33. The molecule has 0 bridgehead atoms. The quantitative estimate of drug-likeness (QED) is 0.731. The minimum Gasteiger partial charge on any atom is -0.453 e. The number of rotatable bonds is 2. The summed E-state index contributed by atoms with van der Waals surface area (Å²) in [6.45, 7) is 3.48. The molecule has 0 amide bonds. The van der Waals surface area contributed by atoms with Gasteiger partial charge < -0.3 is 4.74 Å². The maximum Gasteiger partial charge on any atom is 0.303 e. The van der Waals surface area contributed by atoms with Gasteiger partial charge in [0.05, 0.1) is 0 Å². The minimum atomic E-state index is -0.267. The van der Waals surface area contributed by atoms with Gasteiger partial charge in [-0.15, -0.1) is 0 Å². The molecule has 0 radical (unpaired) electrons. The van der Waals surface area contributed by atoms with E-state index in [-0.39, 0.29) is 12.1 Å². The van der Waals surface area contributed by atoms with Gasteiger partial charge in [0.15, 0.2) is 0 Å². The molecule has 1 atom stereocenters. The van der Waals surface area contributed by atoms with Crippen molar-refractivity contribution in [2.45, 2.75) is 26.4 Å². The Morgan fingerprint density at radius 2 is 2.25 bits per heavy atom. The van der Waals surface area contributed by atoms with Gasteiger partial charge in [0.25, 0.3) is 0 Å². The monoisotopic (exact) mass is 236 g/mol. The van der Waals surface area contributed by atoms with Crippen molar-refractivity contribution >= 4 is 23.6 Å². The minimum absolute atomic E-state index is 0.254. The summed E-state index contributed by atoms with van der Waals surface area (Å²) in [7, 11) is 0. The van der Waals surface area contributed by atoms with Gasteiger partial charge in [-0.25, -0.2) is 0 Å². The molecule has 0 heterocycles. The Balaban J connectivity index is 2.41. The Morgan fingerprint density at radius 1 is 1.50 bits per heavy atom. The Hall–Kier alpha value is -1.28. The van der Waals surface area contributed by atoms with Crippen molar-refractivity contribution in [3.05, 3.63) is 39.9 Å². The van der Waals surface area contributed by atoms with E-state index in [0.29, 0.717) is 5.02 Å². The summed E-state index contributed by atoms with van der Waals surface area (Å²) >= 11 is 5.95. The third-order valence-electron chi connectivity index (χ3n) is 2.70. The van der Waals surface area contributed by atoms with Gasteiger partial charge in [0.2, 0.25) is 0 Å². The second-order valence-corrected chi connectivity index (χ2v) is 4.27. The fraction of sp³-hybridized carbons (Fsp3) is 0.308. The highest BCUT2D eigenvalue weighted by Gasteiger charge is 2.26. The molecule has 1 aromatic carbocycles. The summed E-state index contributed by atoms with van der Waals surface area (Å²) in [6.07, 6.45) is 2.68. The molecule has 2 rings (SSSR count). The van der Waals surface area contributed by atoms with E-state index < -0.39 is 0 Å². The van der Waals surface area contributed by atoms with Crippen LogP contribution < -0.4 is 0 Å². The highest BCUT2D eigenvalue weighted by atomic mass is 35.5. The van der Waals surface area contributed by atoms with Crippen LogP contribution in [0.2, 0.25) is 5.02 Å². The molecule has 3 heteroatoms. The molecule has 0 saturated heterocycles. The number of halogens is 1. The van der Waals surface area contributed by atoms with E-state index in [2.05, 4.69) is 13.0 Å². The third kappa shape index (κ3) is 1.98. The van der Waals surface area contributed by atoms with Crippen molar-refractivity contribution < 1.29 is 9.53 Å². The van der Waals surface area contributed by atoms with Crippen LogP contribution >= 0.6 is 11.6 Å². The summed E-state index contributed by atoms with van der Waals surface area (Å²) in [4.78, 5) is 11.1. The van der Waals surface area contributed by atoms with Gasteiger partial charge in [-0.2, -0.15) is 0 Å². The lowest BCUT2D eigenvalue weighted by atomic mass is 10.1. The highest BCUT2D eigenvalue weighted by Crippen LogP contribution is 2.39. The summed E-state index contributed by atoms with van der Waals surface area (Å²) in [6, 6.07) is 5.67. The molecular formula is C13H13ClO2. The molecule has 0 fully saturated rings. The van der Waals surface area contributed by atoms with E-state index in [1.807, 2.05) is 18.2 Å². The number of fused-ring (bicyclic) bond motifs is 1. The summed E-state index contributed by atoms with van der Waals surface area (Å²) in [5.74, 6) is -0.267. The predicted molar refractivity (Wildman–Crippen MR) is 64.2 cm³/mol. The molecule has 0 aromatic heterocycles. The van der Waals surface area contributed by atoms with Crippen LogP contribution in [-0.4, -0.2) is 5.97 Å². The van der Waals surface area contributed by atoms with Gasteiger partial charge in [0.1, 0.15) is 6.10 Å². The zero-order valence-electron chi connectivity index (χ0n) is 9.29. The summed E-state index contributed by atoms with van der Waals surface area (Å²) in [5.41, 5.74) is 3.19. The fourth-order valence-corrected chi connectivity index (χ4v) is 2.15. The van der Waals surface area contributed by atoms with E-state index in [1.165, 1.54) is 6.92 Å². The predicted octanol–water partition coefficient (Wildman–Crippen LogP) is 3.75. The molecule has 16 heavy (non-hydrogen) atoms. The molecule has 1 aromatic rings. The maximum atomic E-state index is 11.1. The smallest absolute Gasteiger partial charge is 0.303 e. The zero-order chi connectivity index (χ0) is 11.7. The second-order valence-electron chi connectivity index (χ2n) is 3.84. The molecule has 84 valence electrons. The van der Waals surface area contributed by atoms with E-state index in [1.54, 1.807) is 0 Å². The number of hydrogen-bond acceptors (Lipinski definition) is 2. The van der Waals surface area contributed by atoms with Gasteiger partial charge in [-0.05, 0) is 29.7 Å². The van der Waals surface area contributed by atoms with Gasteiger partial charge >= 0.3 is 5.97 Å². The Kier molecular flexibility index (Phi) is 3.01. The van der Waals surface area contributed by atoms with Crippen molar-refractivity contribution in [2.24, 2.45) is 0 Å². The fourth-order valence-electron chi connectivity index (χ4n) is 1.97. The van der Waals surface area contributed by atoms with E-state index >= 15 is 0 Å². The number of esters is 1. The molecule has 2 nitrogen and oxygen atoms in total. The SMILES string of the molecule is CCC1=Cc2ccc(Cl)cc2C1OC(C)=O. The number of carbonyl (C=O) groups excluding carboxylic acids is 1. The van der Waals surface area contributed by atoms with Crippen LogP contribution in [0.1, 0.15) is 37.5 Å². The van der Waals surface area contributed by atoms with Crippen LogP contribution in [0.4, 0.5) is 0 Å². The lowest BCUT2D eigenvalue weighted by molar-refractivity contribution is -0.144. The van der Waals surface area contributed by atoms with E-state index in [4.69, 9.17) is 16.3 Å². The van der Waals surface area contributed by atoms with Crippen molar-refractivity contribution in [1.82, 2.24) is 0 Å². The zero-order valence-corrected chi connectivity index (χ0v) is 10.0. The first-order valence-electron chi connectivity index (χ1n) is 5.29. The van der Waals surface area contributed by atoms with Crippen molar-refractivity contribution in [1.29, 1.82) is 0 Å². The van der Waals surface area contributed by atoms with Gasteiger partial charge in [-0.3, -0.25) is 4.79 Å². The van der Waals surface area contributed by atoms with Gasteiger partial charge in [0, 0.05) is 17.5 Å². The topological polar surface area (TPSA) is 26.3 Å². The van der Waals surface area contributed by atoms with E-state index in [9.17, 15) is 4.79 Å². The maximum absolute atomic E-state index is 11.1. The Labute approximate surface area is 99.9 Å². The number of carbonyl (C=O) groups is 1. The van der Waals surface area contributed by atoms with Crippen molar-refractivity contribution in [2.75, 3.05) is 0 Å². The number of hydrogen-bond donors (Lipinski definition) is 0. The first-order valence-corrected chi connectivity index (χ1v) is 5.66. The molecule has 0 aliphatic heterocycles. The molecule has 1 unspecified atom stereocenters. The van der Waals surface area contributed by atoms with Crippen LogP contribution in [-0.2, 0) is 9.53 Å². The number of ether oxygens (including phenoxy) is 1. The first kappa shape index (κ1) is 11.2. The van der Waals surface area contributed by atoms with E-state index in [0.717, 1.165) is 23.1 Å². The molecule has 0 N–H and O–H groups in total. The summed E-state index contributed by atoms with van der Waals surface area (Å²) in [5, 5.41) is 0.668. The molecule has 1 aliphatic carbocycles. The Morgan fingerprint density at radius 3 is 2.88 bits per heavy atom. The van der Waals surface area contributed by atoms with Gasteiger partial charge in [-0.1, -0.05) is 30.7 Å². The number of benzene rings is 1. The highest BCUT2D eigenvalue weighted by molar-refractivity contribution is 6.30. The average molecular weight is 237 g/mol. The third-order valence-corrected chi connectivity index (χ3v) is 2.94. The average Bonchev–Trinajstić information content (AvgIpc) is 2.56. The molecule has 0 saturated carbocycles. The van der Waals surface area contributed by atoms with Crippen LogP contribution in [0.3, 0.4) is 0 Å². The molecule has 1 aliphatic rings. The van der Waals surface area contributed by atoms with Crippen molar-refractivity contribution in [3.8, 4) is 0 Å². The largest absolute Gasteiger partial charge is 0.453 e. The van der Waals surface area contributed by atoms with Crippen LogP contribution in [0.25, 0.3) is 6.08 Å². The first-order chi connectivity index (χ1) is 7.61. The van der Waals surface area contributed by atoms with Crippen LogP contribution in [0.15, 0.2) is 23.8 Å². The lowest BCUT2D eigenvalue weighted by Crippen LogP contribution is -2.08. The van der Waals surface area contributed by atoms with Crippen molar-refractivity contribution in [3.63, 3.8) is 0 Å². The lowest BCUT2D eigenvalue weighted by Gasteiger charge is -2.15.